The van der Waals surface area contributed by atoms with E-state index in [-0.39, 0.29) is 5.75 Å². The summed E-state index contributed by atoms with van der Waals surface area (Å²) >= 11 is 0. The summed E-state index contributed by atoms with van der Waals surface area (Å²) in [6, 6.07) is 21.3. The maximum absolute atomic E-state index is 10.5. The van der Waals surface area contributed by atoms with Gasteiger partial charge in [0.2, 0.25) is 0 Å². The van der Waals surface area contributed by atoms with Crippen LogP contribution in [0, 0.1) is 0 Å². The molecule has 0 amide bonds. The second-order valence-electron chi connectivity index (χ2n) is 9.25. The van der Waals surface area contributed by atoms with Gasteiger partial charge >= 0.3 is 0 Å². The number of pyridine rings is 1. The Hall–Kier alpha value is -3.92. The molecule has 164 valence electrons. The highest BCUT2D eigenvalue weighted by molar-refractivity contribution is 5.95. The fourth-order valence-corrected chi connectivity index (χ4v) is 4.03. The summed E-state index contributed by atoms with van der Waals surface area (Å²) < 4.78 is 20.1. The van der Waals surface area contributed by atoms with Crippen LogP contribution in [0.5, 0.6) is 5.75 Å². The molecule has 2 heterocycles. The van der Waals surface area contributed by atoms with Crippen LogP contribution in [0.15, 0.2) is 85.0 Å². The van der Waals surface area contributed by atoms with Crippen LogP contribution < -0.4 is 0 Å². The van der Waals surface area contributed by atoms with E-state index in [9.17, 15) is 5.11 Å². The summed E-state index contributed by atoms with van der Waals surface area (Å²) in [6.07, 6.45) is 1.72. The zero-order valence-electron chi connectivity index (χ0n) is 21.2. The van der Waals surface area contributed by atoms with E-state index < -0.39 is 5.41 Å². The number of aromatic hydroxyl groups is 1. The van der Waals surface area contributed by atoms with Gasteiger partial charge in [-0.1, -0.05) is 57.1 Å². The van der Waals surface area contributed by atoms with Crippen molar-refractivity contribution in [2.75, 3.05) is 0 Å². The molecule has 0 aliphatic rings. The van der Waals surface area contributed by atoms with Crippen molar-refractivity contribution in [3.63, 3.8) is 0 Å². The Morgan fingerprint density at radius 3 is 2.33 bits per heavy atom. The Balaban J connectivity index is 1.84. The Kier molecular flexibility index (Phi) is 4.46. The molecule has 0 saturated carbocycles. The second kappa shape index (κ2) is 7.89. The number of imidazole rings is 1. The number of aryl methyl sites for hydroxylation is 1. The molecule has 0 spiro atoms. The van der Waals surface area contributed by atoms with Crippen LogP contribution in [0.1, 0.15) is 29.1 Å². The summed E-state index contributed by atoms with van der Waals surface area (Å²) in [5.74, 6) is 0.815. The lowest BCUT2D eigenvalue weighted by Gasteiger charge is -2.21. The molecule has 0 aliphatic carbocycles. The lowest BCUT2D eigenvalue weighted by atomic mass is 9.83. The van der Waals surface area contributed by atoms with E-state index in [1.165, 1.54) is 0 Å². The minimum absolute atomic E-state index is 0.166. The molecule has 33 heavy (non-hydrogen) atoms. The lowest BCUT2D eigenvalue weighted by Crippen LogP contribution is -2.11. The van der Waals surface area contributed by atoms with E-state index in [2.05, 4.69) is 4.98 Å². The maximum atomic E-state index is 10.5. The average molecular weight is 436 g/mol. The number of hydrogen-bond donors (Lipinski definition) is 1. The van der Waals surface area contributed by atoms with Gasteiger partial charge in [-0.2, -0.15) is 0 Å². The normalized spacial score (nSPS) is 12.6. The predicted molar refractivity (Wildman–Crippen MR) is 135 cm³/mol. The van der Waals surface area contributed by atoms with E-state index >= 15 is 0 Å². The van der Waals surface area contributed by atoms with Crippen molar-refractivity contribution in [2.24, 2.45) is 7.05 Å². The summed E-state index contributed by atoms with van der Waals surface area (Å²) in [5, 5.41) is 10.5. The number of fused-ring (bicyclic) bond motifs is 1. The van der Waals surface area contributed by atoms with Gasteiger partial charge in [-0.05, 0) is 59.0 Å². The van der Waals surface area contributed by atoms with Crippen LogP contribution in [-0.2, 0) is 12.5 Å². The molecule has 5 aromatic rings. The van der Waals surface area contributed by atoms with E-state index in [1.54, 1.807) is 18.3 Å². The first-order valence-corrected chi connectivity index (χ1v) is 11.0. The average Bonchev–Trinajstić information content (AvgIpc) is 3.16. The topological polar surface area (TPSA) is 50.9 Å². The Labute approximate surface area is 197 Å². The minimum Gasteiger partial charge on any atom is -0.507 e. The largest absolute Gasteiger partial charge is 0.507 e. The standard InChI is InChI=1S/C29H27N3O/c1-29(2,3)21-17-19(16-20(18-21)24-12-7-8-15-30-24)22-11-9-13-25-27(22)31-28(32(25)4)23-10-5-6-14-26(23)33/h5-18,33H,1-4H3/i17D,18D. The van der Waals surface area contributed by atoms with Crippen LogP contribution >= 0.6 is 0 Å². The Morgan fingerprint density at radius 2 is 1.61 bits per heavy atom. The monoisotopic (exact) mass is 435 g/mol. The third kappa shape index (κ3) is 3.78. The molecule has 4 heteroatoms. The van der Waals surface area contributed by atoms with Crippen LogP contribution in [-0.4, -0.2) is 19.6 Å². The number of para-hydroxylation sites is 2. The molecule has 0 radical (unpaired) electrons. The van der Waals surface area contributed by atoms with Gasteiger partial charge in [-0.3, -0.25) is 4.98 Å². The number of aromatic nitrogens is 3. The molecule has 2 aromatic heterocycles. The molecule has 0 fully saturated rings. The Bertz CT molecular complexity index is 1570. The molecule has 0 unspecified atom stereocenters. The summed E-state index contributed by atoms with van der Waals surface area (Å²) in [6.45, 7) is 6.09. The SMILES string of the molecule is [2H]c1c(-c2ccccn2)cc(-c2cccc3c2nc(-c2ccccc2O)n3C)c([2H])c1C(C)(C)C. The molecule has 0 atom stereocenters. The lowest BCUT2D eigenvalue weighted by molar-refractivity contribution is 0.476. The van der Waals surface area contributed by atoms with Gasteiger partial charge in [-0.25, -0.2) is 4.98 Å². The smallest absolute Gasteiger partial charge is 0.144 e. The molecule has 0 saturated heterocycles. The molecule has 4 nitrogen and oxygen atoms in total. The van der Waals surface area contributed by atoms with Crippen LogP contribution in [0.25, 0.3) is 44.8 Å². The van der Waals surface area contributed by atoms with Gasteiger partial charge in [0, 0.05) is 24.4 Å². The number of phenols is 1. The predicted octanol–water partition coefficient (Wildman–Crippen LogP) is 6.97. The van der Waals surface area contributed by atoms with Crippen molar-refractivity contribution in [1.29, 1.82) is 0 Å². The van der Waals surface area contributed by atoms with Crippen LogP contribution in [0.2, 0.25) is 0 Å². The highest BCUT2D eigenvalue weighted by Crippen LogP contribution is 2.37. The molecule has 0 aliphatic heterocycles. The summed E-state index contributed by atoms with van der Waals surface area (Å²) in [4.78, 5) is 9.43. The number of phenolic OH excluding ortho intramolecular Hbond substituents is 1. The van der Waals surface area contributed by atoms with Crippen molar-refractivity contribution in [1.82, 2.24) is 14.5 Å². The van der Waals surface area contributed by atoms with E-state index in [1.807, 2.05) is 87.0 Å². The van der Waals surface area contributed by atoms with Crippen molar-refractivity contribution in [3.05, 3.63) is 90.6 Å². The third-order valence-corrected chi connectivity index (χ3v) is 5.85. The van der Waals surface area contributed by atoms with Gasteiger partial charge in [-0.15, -0.1) is 0 Å². The van der Waals surface area contributed by atoms with Crippen LogP contribution in [0.3, 0.4) is 0 Å². The first kappa shape index (κ1) is 18.6. The third-order valence-electron chi connectivity index (χ3n) is 5.85. The Morgan fingerprint density at radius 1 is 0.879 bits per heavy atom. The summed E-state index contributed by atoms with van der Waals surface area (Å²) in [7, 11) is 1.93. The first-order valence-electron chi connectivity index (χ1n) is 12.0. The van der Waals surface area contributed by atoms with E-state index in [0.29, 0.717) is 45.9 Å². The van der Waals surface area contributed by atoms with E-state index in [4.69, 9.17) is 7.73 Å². The highest BCUT2D eigenvalue weighted by atomic mass is 16.3. The number of nitrogens with zero attached hydrogens (tertiary/aromatic N) is 3. The van der Waals surface area contributed by atoms with Gasteiger partial charge < -0.3 is 9.67 Å². The minimum atomic E-state index is -0.410. The molecular weight excluding hydrogens is 406 g/mol. The van der Waals surface area contributed by atoms with E-state index in [0.717, 1.165) is 16.6 Å². The molecular formula is C29H27N3O. The zero-order valence-corrected chi connectivity index (χ0v) is 19.2. The fraction of sp³-hybridized carbons (Fsp3) is 0.172. The zero-order chi connectivity index (χ0) is 24.9. The van der Waals surface area contributed by atoms with Gasteiger partial charge in [0.1, 0.15) is 11.6 Å². The van der Waals surface area contributed by atoms with Gasteiger partial charge in [0.15, 0.2) is 0 Å². The number of rotatable bonds is 3. The second-order valence-corrected chi connectivity index (χ2v) is 9.25. The molecule has 3 aromatic carbocycles. The van der Waals surface area contributed by atoms with Crippen molar-refractivity contribution < 1.29 is 7.85 Å². The summed E-state index contributed by atoms with van der Waals surface area (Å²) in [5.41, 5.74) is 5.46. The fourth-order valence-electron chi connectivity index (χ4n) is 4.03. The molecule has 5 rings (SSSR count). The highest BCUT2D eigenvalue weighted by Gasteiger charge is 2.20. The van der Waals surface area contributed by atoms with Crippen molar-refractivity contribution in [3.8, 4) is 39.5 Å². The van der Waals surface area contributed by atoms with Gasteiger partial charge in [0.25, 0.3) is 0 Å². The van der Waals surface area contributed by atoms with Gasteiger partial charge in [0.05, 0.1) is 25.0 Å². The first-order chi connectivity index (χ1) is 16.7. The number of hydrogen-bond acceptors (Lipinski definition) is 3. The van der Waals surface area contributed by atoms with Crippen LogP contribution in [0.4, 0.5) is 0 Å². The molecule has 1 N–H and O–H groups in total. The molecule has 0 bridgehead atoms. The maximum Gasteiger partial charge on any atom is 0.144 e. The van der Waals surface area contributed by atoms with Crippen molar-refractivity contribution in [2.45, 2.75) is 26.2 Å². The van der Waals surface area contributed by atoms with Crippen molar-refractivity contribution >= 4 is 11.0 Å². The number of benzene rings is 3. The quantitative estimate of drug-likeness (QED) is 0.333.